The van der Waals surface area contributed by atoms with E-state index >= 15 is 0 Å². The lowest BCUT2D eigenvalue weighted by Crippen LogP contribution is -2.13. The topological polar surface area (TPSA) is 59.8 Å². The number of carbonyl (C=O) groups excluding carboxylic acids is 1. The minimum absolute atomic E-state index is 0.271. The monoisotopic (exact) mass is 292 g/mol. The molecule has 1 aromatic heterocycles. The van der Waals surface area contributed by atoms with Gasteiger partial charge >= 0.3 is 0 Å². The molecular formula is C17H16N4O. The largest absolute Gasteiger partial charge is 0.321 e. The lowest BCUT2D eigenvalue weighted by atomic mass is 10.1. The zero-order chi connectivity index (χ0) is 15.5. The van der Waals surface area contributed by atoms with Gasteiger partial charge in [0.2, 0.25) is 0 Å². The maximum Gasteiger partial charge on any atom is 0.277 e. The summed E-state index contributed by atoms with van der Waals surface area (Å²) < 4.78 is 0. The van der Waals surface area contributed by atoms with Crippen LogP contribution in [0.25, 0.3) is 5.69 Å². The molecule has 0 atom stereocenters. The second kappa shape index (κ2) is 5.81. The first-order valence-corrected chi connectivity index (χ1v) is 6.99. The molecule has 0 saturated heterocycles. The summed E-state index contributed by atoms with van der Waals surface area (Å²) in [4.78, 5) is 13.7. The van der Waals surface area contributed by atoms with Gasteiger partial charge < -0.3 is 5.32 Å². The van der Waals surface area contributed by atoms with Gasteiger partial charge in [0.25, 0.3) is 5.91 Å². The summed E-state index contributed by atoms with van der Waals surface area (Å²) in [6, 6.07) is 15.4. The summed E-state index contributed by atoms with van der Waals surface area (Å²) in [6.45, 7) is 3.99. The number of hydrogen-bond acceptors (Lipinski definition) is 3. The van der Waals surface area contributed by atoms with E-state index in [-0.39, 0.29) is 11.6 Å². The molecule has 0 saturated carbocycles. The van der Waals surface area contributed by atoms with Gasteiger partial charge in [-0.15, -0.1) is 5.10 Å². The van der Waals surface area contributed by atoms with Crippen LogP contribution < -0.4 is 5.32 Å². The molecule has 1 heterocycles. The van der Waals surface area contributed by atoms with Gasteiger partial charge in [-0.25, -0.2) is 0 Å². The van der Waals surface area contributed by atoms with Gasteiger partial charge in [-0.3, -0.25) is 4.79 Å². The Bertz CT molecular complexity index is 788. The fraction of sp³-hybridized carbons (Fsp3) is 0.118. The standard InChI is InChI=1S/C17H16N4O/c1-12-8-13(2)10-14(9-12)19-17(22)16-11-18-21(20-16)15-6-4-3-5-7-15/h3-11H,1-2H3,(H,19,22). The van der Waals surface area contributed by atoms with E-state index in [1.54, 1.807) is 0 Å². The lowest BCUT2D eigenvalue weighted by Gasteiger charge is -2.05. The van der Waals surface area contributed by atoms with Crippen LogP contribution in [0.5, 0.6) is 0 Å². The normalized spacial score (nSPS) is 10.5. The van der Waals surface area contributed by atoms with Gasteiger partial charge in [0.15, 0.2) is 5.69 Å². The fourth-order valence-corrected chi connectivity index (χ4v) is 2.29. The Kier molecular flexibility index (Phi) is 3.70. The van der Waals surface area contributed by atoms with Crippen molar-refractivity contribution in [3.8, 4) is 5.69 Å². The number of amides is 1. The molecule has 22 heavy (non-hydrogen) atoms. The molecule has 0 unspecified atom stereocenters. The van der Waals surface area contributed by atoms with Crippen molar-refractivity contribution >= 4 is 11.6 Å². The molecule has 0 radical (unpaired) electrons. The molecule has 5 nitrogen and oxygen atoms in total. The number of para-hydroxylation sites is 1. The highest BCUT2D eigenvalue weighted by Gasteiger charge is 2.12. The fourth-order valence-electron chi connectivity index (χ4n) is 2.29. The molecule has 0 fully saturated rings. The van der Waals surface area contributed by atoms with E-state index in [9.17, 15) is 4.79 Å². The molecule has 0 bridgehead atoms. The number of rotatable bonds is 3. The van der Waals surface area contributed by atoms with Gasteiger partial charge in [-0.1, -0.05) is 24.3 Å². The van der Waals surface area contributed by atoms with Crippen molar-refractivity contribution in [3.05, 3.63) is 71.5 Å². The van der Waals surface area contributed by atoms with Crippen LogP contribution in [0.2, 0.25) is 0 Å². The third kappa shape index (κ3) is 3.03. The van der Waals surface area contributed by atoms with Crippen LogP contribution in [0, 0.1) is 13.8 Å². The lowest BCUT2D eigenvalue weighted by molar-refractivity contribution is 0.102. The van der Waals surface area contributed by atoms with E-state index in [0.717, 1.165) is 22.5 Å². The highest BCUT2D eigenvalue weighted by atomic mass is 16.2. The SMILES string of the molecule is Cc1cc(C)cc(NC(=O)c2cnn(-c3ccccc3)n2)c1. The van der Waals surface area contributed by atoms with Gasteiger partial charge in [0.05, 0.1) is 11.9 Å². The molecule has 2 aromatic carbocycles. The quantitative estimate of drug-likeness (QED) is 0.806. The predicted octanol–water partition coefficient (Wildman–Crippen LogP) is 3.14. The number of aryl methyl sites for hydroxylation is 2. The Labute approximate surface area is 128 Å². The number of benzene rings is 2. The summed E-state index contributed by atoms with van der Waals surface area (Å²) in [7, 11) is 0. The van der Waals surface area contributed by atoms with Crippen LogP contribution in [0.15, 0.2) is 54.7 Å². The van der Waals surface area contributed by atoms with Crippen molar-refractivity contribution in [3.63, 3.8) is 0 Å². The number of hydrogen-bond donors (Lipinski definition) is 1. The number of aromatic nitrogens is 3. The van der Waals surface area contributed by atoms with Gasteiger partial charge in [-0.2, -0.15) is 9.90 Å². The first-order chi connectivity index (χ1) is 10.6. The smallest absolute Gasteiger partial charge is 0.277 e. The summed E-state index contributed by atoms with van der Waals surface area (Å²) >= 11 is 0. The summed E-state index contributed by atoms with van der Waals surface area (Å²) in [5.41, 5.74) is 4.05. The molecule has 1 amide bonds. The first-order valence-electron chi connectivity index (χ1n) is 6.99. The maximum atomic E-state index is 12.3. The van der Waals surface area contributed by atoms with E-state index in [0.29, 0.717) is 0 Å². The molecule has 0 aliphatic carbocycles. The van der Waals surface area contributed by atoms with Crippen LogP contribution in [0.3, 0.4) is 0 Å². The summed E-state index contributed by atoms with van der Waals surface area (Å²) in [5, 5.41) is 11.2. The predicted molar refractivity (Wildman–Crippen MR) is 85.2 cm³/mol. The number of nitrogens with one attached hydrogen (secondary N) is 1. The van der Waals surface area contributed by atoms with Crippen LogP contribution >= 0.6 is 0 Å². The molecule has 0 spiro atoms. The van der Waals surface area contributed by atoms with E-state index in [1.165, 1.54) is 11.0 Å². The first kappa shape index (κ1) is 14.0. The third-order valence-corrected chi connectivity index (χ3v) is 3.19. The maximum absolute atomic E-state index is 12.3. The second-order valence-corrected chi connectivity index (χ2v) is 5.19. The van der Waals surface area contributed by atoms with Crippen LogP contribution in [-0.2, 0) is 0 Å². The molecule has 0 aliphatic rings. The Balaban J connectivity index is 1.80. The molecule has 110 valence electrons. The molecule has 0 aliphatic heterocycles. The average Bonchev–Trinajstić information content (AvgIpc) is 2.97. The zero-order valence-electron chi connectivity index (χ0n) is 12.4. The van der Waals surface area contributed by atoms with Crippen molar-refractivity contribution in [1.29, 1.82) is 0 Å². The highest BCUT2D eigenvalue weighted by Crippen LogP contribution is 2.14. The van der Waals surface area contributed by atoms with Crippen LogP contribution in [-0.4, -0.2) is 20.9 Å². The average molecular weight is 292 g/mol. The number of nitrogens with zero attached hydrogens (tertiary/aromatic N) is 3. The Morgan fingerprint density at radius 2 is 1.73 bits per heavy atom. The minimum Gasteiger partial charge on any atom is -0.321 e. The van der Waals surface area contributed by atoms with Crippen LogP contribution in [0.1, 0.15) is 21.6 Å². The van der Waals surface area contributed by atoms with E-state index in [1.807, 2.05) is 56.3 Å². The van der Waals surface area contributed by atoms with Crippen molar-refractivity contribution in [1.82, 2.24) is 15.0 Å². The molecular weight excluding hydrogens is 276 g/mol. The van der Waals surface area contributed by atoms with Crippen molar-refractivity contribution in [2.45, 2.75) is 13.8 Å². The zero-order valence-corrected chi connectivity index (χ0v) is 12.4. The minimum atomic E-state index is -0.271. The van der Waals surface area contributed by atoms with E-state index in [2.05, 4.69) is 21.6 Å². The number of anilines is 1. The second-order valence-electron chi connectivity index (χ2n) is 5.19. The molecule has 5 heteroatoms. The van der Waals surface area contributed by atoms with Crippen LogP contribution in [0.4, 0.5) is 5.69 Å². The van der Waals surface area contributed by atoms with Gasteiger partial charge in [0, 0.05) is 5.69 Å². The number of carbonyl (C=O) groups is 1. The Morgan fingerprint density at radius 3 is 2.41 bits per heavy atom. The van der Waals surface area contributed by atoms with Crippen molar-refractivity contribution in [2.24, 2.45) is 0 Å². The van der Waals surface area contributed by atoms with Gasteiger partial charge in [-0.05, 0) is 49.2 Å². The third-order valence-electron chi connectivity index (χ3n) is 3.19. The summed E-state index contributed by atoms with van der Waals surface area (Å²) in [5.74, 6) is -0.271. The van der Waals surface area contributed by atoms with Crippen molar-refractivity contribution in [2.75, 3.05) is 5.32 Å². The van der Waals surface area contributed by atoms with Gasteiger partial charge in [0.1, 0.15) is 0 Å². The van der Waals surface area contributed by atoms with E-state index in [4.69, 9.17) is 0 Å². The molecule has 3 aromatic rings. The van der Waals surface area contributed by atoms with Crippen molar-refractivity contribution < 1.29 is 4.79 Å². The Hall–Kier alpha value is -2.95. The van der Waals surface area contributed by atoms with E-state index < -0.39 is 0 Å². The highest BCUT2D eigenvalue weighted by molar-refractivity contribution is 6.02. The Morgan fingerprint density at radius 1 is 1.05 bits per heavy atom. The summed E-state index contributed by atoms with van der Waals surface area (Å²) in [6.07, 6.45) is 1.46. The molecule has 1 N–H and O–H groups in total. The molecule has 3 rings (SSSR count).